The predicted octanol–water partition coefficient (Wildman–Crippen LogP) is 4.70. The molecule has 0 saturated carbocycles. The first kappa shape index (κ1) is 22.5. The van der Waals surface area contributed by atoms with E-state index in [-0.39, 0.29) is 11.7 Å². The number of rotatable bonds is 3. The van der Waals surface area contributed by atoms with Gasteiger partial charge in [0, 0.05) is 30.1 Å². The second kappa shape index (κ2) is 8.50. The summed E-state index contributed by atoms with van der Waals surface area (Å²) in [4.78, 5) is 11.5. The molecule has 3 heterocycles. The van der Waals surface area contributed by atoms with E-state index in [1.807, 2.05) is 12.1 Å². The number of ether oxygens (including phenoxy) is 2. The van der Waals surface area contributed by atoms with Crippen LogP contribution in [0.25, 0.3) is 10.9 Å². The van der Waals surface area contributed by atoms with Gasteiger partial charge in [0.1, 0.15) is 17.4 Å². The number of anilines is 3. The number of nitrogens with one attached hydrogen (secondary N) is 1. The number of benzene rings is 2. The molecule has 1 fully saturated rings. The van der Waals surface area contributed by atoms with Crippen molar-refractivity contribution in [3.63, 3.8) is 0 Å². The fourth-order valence-corrected chi connectivity index (χ4v) is 4.61. The van der Waals surface area contributed by atoms with Crippen LogP contribution in [-0.4, -0.2) is 42.4 Å². The molecule has 0 aliphatic carbocycles. The van der Waals surface area contributed by atoms with E-state index in [4.69, 9.17) is 15.2 Å². The van der Waals surface area contributed by atoms with Gasteiger partial charge in [-0.15, -0.1) is 0 Å². The van der Waals surface area contributed by atoms with E-state index in [2.05, 4.69) is 20.2 Å². The Morgan fingerprint density at radius 1 is 1.15 bits per heavy atom. The molecule has 7 nitrogen and oxygen atoms in total. The number of halogens is 3. The number of nitrogen functional groups attached to an aromatic ring is 1. The molecule has 5 rings (SSSR count). The van der Waals surface area contributed by atoms with Gasteiger partial charge in [0.05, 0.1) is 48.7 Å². The molecule has 1 unspecified atom stereocenters. The molecule has 180 valence electrons. The van der Waals surface area contributed by atoms with Crippen molar-refractivity contribution in [2.75, 3.05) is 42.3 Å². The maximum absolute atomic E-state index is 13.3. The van der Waals surface area contributed by atoms with E-state index in [0.29, 0.717) is 42.5 Å². The Hall–Kier alpha value is -3.27. The number of aryl methyl sites for hydroxylation is 1. The minimum absolute atomic E-state index is 0.0584. The average molecular weight is 473 g/mol. The zero-order valence-corrected chi connectivity index (χ0v) is 18.9. The molecule has 2 aliphatic rings. The van der Waals surface area contributed by atoms with Crippen molar-refractivity contribution in [2.45, 2.75) is 38.5 Å². The molecule has 0 radical (unpaired) electrons. The minimum atomic E-state index is -4.48. The topological polar surface area (TPSA) is 85.5 Å². The van der Waals surface area contributed by atoms with Crippen LogP contribution in [0.2, 0.25) is 0 Å². The summed E-state index contributed by atoms with van der Waals surface area (Å²) >= 11 is 0. The van der Waals surface area contributed by atoms with Crippen molar-refractivity contribution >= 4 is 28.1 Å². The van der Waals surface area contributed by atoms with Gasteiger partial charge in [-0.2, -0.15) is 13.2 Å². The van der Waals surface area contributed by atoms with Crippen molar-refractivity contribution in [2.24, 2.45) is 0 Å². The summed E-state index contributed by atoms with van der Waals surface area (Å²) in [5, 5.41) is 4.05. The smallest absolute Gasteiger partial charge is 0.416 e. The van der Waals surface area contributed by atoms with Crippen LogP contribution < -0.4 is 20.7 Å². The lowest BCUT2D eigenvalue weighted by atomic mass is 10.0. The maximum Gasteiger partial charge on any atom is 0.416 e. The van der Waals surface area contributed by atoms with Crippen LogP contribution in [0.3, 0.4) is 0 Å². The van der Waals surface area contributed by atoms with Gasteiger partial charge in [-0.05, 0) is 43.7 Å². The van der Waals surface area contributed by atoms with E-state index in [1.54, 1.807) is 19.9 Å². The summed E-state index contributed by atoms with van der Waals surface area (Å²) in [7, 11) is 0. The number of hydrogen-bond acceptors (Lipinski definition) is 7. The molecule has 10 heteroatoms. The first-order chi connectivity index (χ1) is 16.2. The second-order valence-corrected chi connectivity index (χ2v) is 8.77. The maximum atomic E-state index is 13.3. The quantitative estimate of drug-likeness (QED) is 0.534. The molecule has 34 heavy (non-hydrogen) atoms. The zero-order chi connectivity index (χ0) is 24.0. The van der Waals surface area contributed by atoms with Crippen LogP contribution in [0.1, 0.15) is 36.3 Å². The summed E-state index contributed by atoms with van der Waals surface area (Å²) in [6.07, 6.45) is -3.62. The number of aromatic nitrogens is 2. The van der Waals surface area contributed by atoms with Crippen LogP contribution in [0.15, 0.2) is 30.3 Å². The van der Waals surface area contributed by atoms with Crippen LogP contribution in [-0.2, 0) is 10.9 Å². The number of morpholine rings is 1. The van der Waals surface area contributed by atoms with Crippen LogP contribution in [0.4, 0.5) is 30.4 Å². The Balaban J connectivity index is 1.55. The normalized spacial score (nSPS) is 19.1. The highest BCUT2D eigenvalue weighted by atomic mass is 19.4. The molecule has 1 aromatic heterocycles. The van der Waals surface area contributed by atoms with Crippen molar-refractivity contribution in [3.8, 4) is 5.75 Å². The lowest BCUT2D eigenvalue weighted by Gasteiger charge is -2.36. The van der Waals surface area contributed by atoms with Gasteiger partial charge in [0.25, 0.3) is 0 Å². The molecular formula is C24H26F3N5O2. The van der Waals surface area contributed by atoms with Crippen LogP contribution >= 0.6 is 0 Å². The van der Waals surface area contributed by atoms with Crippen molar-refractivity contribution in [3.05, 3.63) is 47.3 Å². The van der Waals surface area contributed by atoms with E-state index in [9.17, 15) is 13.2 Å². The Bertz CT molecular complexity index is 1230. The predicted molar refractivity (Wildman–Crippen MR) is 124 cm³/mol. The summed E-state index contributed by atoms with van der Waals surface area (Å²) < 4.78 is 51.6. The molecule has 0 bridgehead atoms. The SMILES string of the molecule is Cc1nc(N[C@H](C)c2cc(N)cc(C(F)(F)F)c2)c2cc3c(cc2n1)OCCC1COCCN31. The second-order valence-electron chi connectivity index (χ2n) is 8.77. The highest BCUT2D eigenvalue weighted by Crippen LogP contribution is 2.40. The van der Waals surface area contributed by atoms with Gasteiger partial charge in [-0.3, -0.25) is 0 Å². The highest BCUT2D eigenvalue weighted by Gasteiger charge is 2.32. The molecule has 2 atom stereocenters. The Morgan fingerprint density at radius 2 is 1.97 bits per heavy atom. The number of hydrogen-bond donors (Lipinski definition) is 2. The van der Waals surface area contributed by atoms with Gasteiger partial charge in [-0.1, -0.05) is 0 Å². The van der Waals surface area contributed by atoms with E-state index >= 15 is 0 Å². The fraction of sp³-hybridized carbons (Fsp3) is 0.417. The Morgan fingerprint density at radius 3 is 2.76 bits per heavy atom. The van der Waals surface area contributed by atoms with Gasteiger partial charge >= 0.3 is 6.18 Å². The largest absolute Gasteiger partial charge is 0.491 e. The van der Waals surface area contributed by atoms with E-state index < -0.39 is 17.8 Å². The van der Waals surface area contributed by atoms with E-state index in [1.165, 1.54) is 0 Å². The third kappa shape index (κ3) is 4.29. The third-order valence-corrected chi connectivity index (χ3v) is 6.29. The average Bonchev–Trinajstić information content (AvgIpc) is 2.95. The van der Waals surface area contributed by atoms with Gasteiger partial charge in [-0.25, -0.2) is 9.97 Å². The molecule has 2 aromatic carbocycles. The van der Waals surface area contributed by atoms with Crippen molar-refractivity contribution in [1.29, 1.82) is 0 Å². The Kier molecular flexibility index (Phi) is 5.63. The zero-order valence-electron chi connectivity index (χ0n) is 18.9. The van der Waals surface area contributed by atoms with Crippen LogP contribution in [0, 0.1) is 6.92 Å². The molecule has 0 amide bonds. The monoisotopic (exact) mass is 473 g/mol. The van der Waals surface area contributed by atoms with Gasteiger partial charge < -0.3 is 25.4 Å². The third-order valence-electron chi connectivity index (χ3n) is 6.29. The molecule has 2 aliphatic heterocycles. The molecule has 0 spiro atoms. The summed E-state index contributed by atoms with van der Waals surface area (Å²) in [6, 6.07) is 7.26. The van der Waals surface area contributed by atoms with Gasteiger partial charge in [0.2, 0.25) is 0 Å². The lowest BCUT2D eigenvalue weighted by molar-refractivity contribution is -0.137. The molecule has 3 N–H and O–H groups in total. The summed E-state index contributed by atoms with van der Waals surface area (Å²) in [5.74, 6) is 1.85. The molecular weight excluding hydrogens is 447 g/mol. The Labute approximate surface area is 195 Å². The summed E-state index contributed by atoms with van der Waals surface area (Å²) in [5.41, 5.74) is 7.13. The van der Waals surface area contributed by atoms with Crippen molar-refractivity contribution < 1.29 is 22.6 Å². The first-order valence-corrected chi connectivity index (χ1v) is 11.2. The van der Waals surface area contributed by atoms with Crippen molar-refractivity contribution in [1.82, 2.24) is 9.97 Å². The number of fused-ring (bicyclic) bond motifs is 4. The van der Waals surface area contributed by atoms with Gasteiger partial charge in [0.15, 0.2) is 0 Å². The van der Waals surface area contributed by atoms with E-state index in [0.717, 1.165) is 41.9 Å². The summed E-state index contributed by atoms with van der Waals surface area (Å²) in [6.45, 7) is 6.18. The lowest BCUT2D eigenvalue weighted by Crippen LogP contribution is -2.45. The molecule has 1 saturated heterocycles. The standard InChI is InChI=1S/C24H26F3N5O2/c1-13(15-7-16(24(25,26)27)9-17(28)8-15)29-23-19-10-21-22(11-20(19)30-14(2)31-23)34-5-3-18-12-33-6-4-32(18)21/h7-11,13,18H,3-6,12,28H2,1-2H3,(H,29,30,31)/t13-,18?/m1/s1. The number of nitrogens with zero attached hydrogens (tertiary/aromatic N) is 3. The van der Waals surface area contributed by atoms with Crippen LogP contribution in [0.5, 0.6) is 5.75 Å². The number of alkyl halides is 3. The fourth-order valence-electron chi connectivity index (χ4n) is 4.61. The number of nitrogens with two attached hydrogens (primary N) is 1. The molecule has 3 aromatic rings. The first-order valence-electron chi connectivity index (χ1n) is 11.2. The highest BCUT2D eigenvalue weighted by molar-refractivity contribution is 5.94. The minimum Gasteiger partial charge on any atom is -0.491 e.